The van der Waals surface area contributed by atoms with Crippen molar-refractivity contribution in [2.45, 2.75) is 34.2 Å². The van der Waals surface area contributed by atoms with Crippen LogP contribution in [0.4, 0.5) is 0 Å². The maximum Gasteiger partial charge on any atom is 0.118 e. The van der Waals surface area contributed by atoms with E-state index in [4.69, 9.17) is 9.72 Å². The Morgan fingerprint density at radius 2 is 1.78 bits per heavy atom. The monoisotopic (exact) mass is 308 g/mol. The third-order valence-corrected chi connectivity index (χ3v) is 4.46. The average molecular weight is 308 g/mol. The molecule has 0 aliphatic rings. The molecule has 0 aliphatic carbocycles. The molecule has 0 N–H and O–H groups in total. The number of methoxy groups -OCH3 is 1. The summed E-state index contributed by atoms with van der Waals surface area (Å²) in [6, 6.07) is 10.3. The van der Waals surface area contributed by atoms with Gasteiger partial charge >= 0.3 is 0 Å². The average Bonchev–Trinajstić information content (AvgIpc) is 2.80. The molecule has 1 aromatic carbocycles. The van der Waals surface area contributed by atoms with E-state index in [0.29, 0.717) is 5.92 Å². The van der Waals surface area contributed by atoms with Crippen molar-refractivity contribution in [2.75, 3.05) is 7.11 Å². The van der Waals surface area contributed by atoms with Crippen molar-refractivity contribution in [2.24, 2.45) is 5.92 Å². The van der Waals surface area contributed by atoms with Gasteiger partial charge in [-0.05, 0) is 55.7 Å². The lowest BCUT2D eigenvalue weighted by Crippen LogP contribution is -2.07. The van der Waals surface area contributed by atoms with Crippen LogP contribution >= 0.6 is 0 Å². The van der Waals surface area contributed by atoms with E-state index in [1.807, 2.05) is 18.3 Å². The highest BCUT2D eigenvalue weighted by atomic mass is 16.5. The van der Waals surface area contributed by atoms with Gasteiger partial charge in [0, 0.05) is 29.4 Å². The summed E-state index contributed by atoms with van der Waals surface area (Å²) in [5.41, 5.74) is 6.08. The van der Waals surface area contributed by atoms with Crippen molar-refractivity contribution in [3.63, 3.8) is 0 Å². The number of aromatic nitrogens is 2. The van der Waals surface area contributed by atoms with Gasteiger partial charge in [0.05, 0.1) is 18.3 Å². The fraction of sp³-hybridized carbons (Fsp3) is 0.350. The van der Waals surface area contributed by atoms with Gasteiger partial charge < -0.3 is 9.30 Å². The number of pyridine rings is 1. The predicted octanol–water partition coefficient (Wildman–Crippen LogP) is 4.98. The van der Waals surface area contributed by atoms with Gasteiger partial charge in [-0.1, -0.05) is 13.8 Å². The smallest absolute Gasteiger partial charge is 0.118 e. The molecule has 0 radical (unpaired) electrons. The Balaban J connectivity index is 2.25. The van der Waals surface area contributed by atoms with Crippen LogP contribution < -0.4 is 4.74 Å². The van der Waals surface area contributed by atoms with E-state index in [0.717, 1.165) is 23.6 Å². The summed E-state index contributed by atoms with van der Waals surface area (Å²) in [6.45, 7) is 9.92. The molecule has 2 aromatic heterocycles. The Labute approximate surface area is 137 Å². The molecule has 0 amide bonds. The maximum absolute atomic E-state index is 5.27. The molecule has 0 spiro atoms. The summed E-state index contributed by atoms with van der Waals surface area (Å²) in [7, 11) is 1.69. The normalized spacial score (nSPS) is 11.4. The van der Waals surface area contributed by atoms with E-state index in [-0.39, 0.29) is 0 Å². The summed E-state index contributed by atoms with van der Waals surface area (Å²) in [4.78, 5) is 4.69. The highest BCUT2D eigenvalue weighted by Gasteiger charge is 2.16. The molecule has 0 aliphatic heterocycles. The van der Waals surface area contributed by atoms with Crippen molar-refractivity contribution in [3.8, 4) is 17.0 Å². The molecule has 0 saturated carbocycles. The zero-order valence-electron chi connectivity index (χ0n) is 14.6. The molecule has 23 heavy (non-hydrogen) atoms. The number of fused-ring (bicyclic) bond motifs is 1. The van der Waals surface area contributed by atoms with Crippen LogP contribution in [0.1, 0.15) is 25.1 Å². The molecule has 0 fully saturated rings. The van der Waals surface area contributed by atoms with Gasteiger partial charge in [-0.15, -0.1) is 0 Å². The minimum absolute atomic E-state index is 0.590. The maximum atomic E-state index is 5.27. The quantitative estimate of drug-likeness (QED) is 0.679. The lowest BCUT2D eigenvalue weighted by molar-refractivity contribution is 0.415. The highest BCUT2D eigenvalue weighted by Crippen LogP contribution is 2.33. The van der Waals surface area contributed by atoms with Gasteiger partial charge in [-0.2, -0.15) is 0 Å². The highest BCUT2D eigenvalue weighted by molar-refractivity contribution is 5.95. The van der Waals surface area contributed by atoms with Crippen LogP contribution in [0.5, 0.6) is 5.75 Å². The molecule has 0 bridgehead atoms. The second kappa shape index (κ2) is 6.07. The number of nitrogens with zero attached hydrogens (tertiary/aromatic N) is 2. The Bertz CT molecular complexity index is 829. The van der Waals surface area contributed by atoms with E-state index < -0.39 is 0 Å². The molecule has 0 atom stereocenters. The van der Waals surface area contributed by atoms with Gasteiger partial charge in [0.25, 0.3) is 0 Å². The molecule has 0 saturated heterocycles. The Morgan fingerprint density at radius 1 is 1.09 bits per heavy atom. The fourth-order valence-electron chi connectivity index (χ4n) is 3.15. The number of rotatable bonds is 4. The van der Waals surface area contributed by atoms with Gasteiger partial charge in [0.2, 0.25) is 0 Å². The van der Waals surface area contributed by atoms with Crippen molar-refractivity contribution in [1.82, 2.24) is 9.55 Å². The molecule has 120 valence electrons. The van der Waals surface area contributed by atoms with Gasteiger partial charge in [0.1, 0.15) is 5.75 Å². The van der Waals surface area contributed by atoms with Crippen LogP contribution in [0.3, 0.4) is 0 Å². The second-order valence-corrected chi connectivity index (χ2v) is 6.50. The molecule has 3 nitrogen and oxygen atoms in total. The number of benzene rings is 1. The summed E-state index contributed by atoms with van der Waals surface area (Å²) < 4.78 is 7.69. The van der Waals surface area contributed by atoms with Crippen molar-refractivity contribution < 1.29 is 4.74 Å². The lowest BCUT2D eigenvalue weighted by atomic mass is 10.1. The fourth-order valence-corrected chi connectivity index (χ4v) is 3.15. The van der Waals surface area contributed by atoms with Crippen LogP contribution in [-0.2, 0) is 6.54 Å². The minimum atomic E-state index is 0.590. The van der Waals surface area contributed by atoms with Crippen LogP contribution in [-0.4, -0.2) is 16.7 Å². The lowest BCUT2D eigenvalue weighted by Gasteiger charge is -2.13. The molecule has 3 aromatic rings. The van der Waals surface area contributed by atoms with E-state index in [2.05, 4.69) is 50.5 Å². The topological polar surface area (TPSA) is 27.1 Å². The van der Waals surface area contributed by atoms with E-state index in [1.165, 1.54) is 22.2 Å². The van der Waals surface area contributed by atoms with Crippen molar-refractivity contribution >= 4 is 10.9 Å². The standard InChI is InChI=1S/C20H24N2O/c1-13(2)12-22-15(4)14(3)18-10-11-21-19(20(18)22)16-6-8-17(23-5)9-7-16/h6-11,13H,12H2,1-5H3. The van der Waals surface area contributed by atoms with Crippen molar-refractivity contribution in [3.05, 3.63) is 47.8 Å². The van der Waals surface area contributed by atoms with Gasteiger partial charge in [-0.25, -0.2) is 0 Å². The zero-order chi connectivity index (χ0) is 16.6. The summed E-state index contributed by atoms with van der Waals surface area (Å²) in [5.74, 6) is 1.46. The zero-order valence-corrected chi connectivity index (χ0v) is 14.6. The molecule has 3 rings (SSSR count). The molecular formula is C20H24N2O. The van der Waals surface area contributed by atoms with Crippen molar-refractivity contribution in [1.29, 1.82) is 0 Å². The number of hydrogen-bond acceptors (Lipinski definition) is 2. The Hall–Kier alpha value is -2.29. The first-order valence-corrected chi connectivity index (χ1v) is 8.11. The number of hydrogen-bond donors (Lipinski definition) is 0. The van der Waals surface area contributed by atoms with Crippen LogP contribution in [0.2, 0.25) is 0 Å². The Morgan fingerprint density at radius 3 is 2.39 bits per heavy atom. The third kappa shape index (κ3) is 2.72. The third-order valence-electron chi connectivity index (χ3n) is 4.46. The van der Waals surface area contributed by atoms with E-state index in [1.54, 1.807) is 7.11 Å². The first-order valence-electron chi connectivity index (χ1n) is 8.11. The molecule has 0 unspecified atom stereocenters. The molecular weight excluding hydrogens is 284 g/mol. The second-order valence-electron chi connectivity index (χ2n) is 6.50. The number of ether oxygens (including phenoxy) is 1. The molecule has 2 heterocycles. The first-order chi connectivity index (χ1) is 11.0. The largest absolute Gasteiger partial charge is 0.497 e. The van der Waals surface area contributed by atoms with E-state index in [9.17, 15) is 0 Å². The molecule has 3 heteroatoms. The predicted molar refractivity (Wildman–Crippen MR) is 96.0 cm³/mol. The summed E-state index contributed by atoms with van der Waals surface area (Å²) in [6.07, 6.45) is 1.91. The minimum Gasteiger partial charge on any atom is -0.497 e. The van der Waals surface area contributed by atoms with Gasteiger partial charge in [0.15, 0.2) is 0 Å². The van der Waals surface area contributed by atoms with Crippen LogP contribution in [0, 0.1) is 19.8 Å². The first kappa shape index (κ1) is 15.6. The summed E-state index contributed by atoms with van der Waals surface area (Å²) >= 11 is 0. The SMILES string of the molecule is COc1ccc(-c2nccc3c(C)c(C)n(CC(C)C)c23)cc1. The van der Waals surface area contributed by atoms with Gasteiger partial charge in [-0.3, -0.25) is 4.98 Å². The van der Waals surface area contributed by atoms with Crippen LogP contribution in [0.25, 0.3) is 22.2 Å². The van der Waals surface area contributed by atoms with E-state index >= 15 is 0 Å². The Kier molecular flexibility index (Phi) is 4.12. The summed E-state index contributed by atoms with van der Waals surface area (Å²) in [5, 5.41) is 1.30. The number of aryl methyl sites for hydroxylation is 1. The van der Waals surface area contributed by atoms with Crippen LogP contribution in [0.15, 0.2) is 36.5 Å².